The number of amides is 1. The molecule has 1 N–H and O–H groups in total. The molecule has 2 aromatic rings. The first-order valence-corrected chi connectivity index (χ1v) is 6.76. The molecule has 0 heterocycles. The zero-order chi connectivity index (χ0) is 14.0. The molecule has 3 heteroatoms. The zero-order valence-corrected chi connectivity index (χ0v) is 11.4. The number of rotatable bonds is 4. The molecule has 0 saturated heterocycles. The lowest BCUT2D eigenvalue weighted by Crippen LogP contribution is -2.27. The Bertz CT molecular complexity index is 601. The summed E-state index contributed by atoms with van der Waals surface area (Å²) < 4.78 is 5.16. The minimum Gasteiger partial charge on any atom is -0.497 e. The van der Waals surface area contributed by atoms with Gasteiger partial charge in [0.15, 0.2) is 0 Å². The van der Waals surface area contributed by atoms with E-state index in [1.54, 1.807) is 7.11 Å². The molecule has 0 aliphatic heterocycles. The van der Waals surface area contributed by atoms with Crippen LogP contribution in [0.4, 0.5) is 5.69 Å². The Kier molecular flexibility index (Phi) is 3.18. The number of methoxy groups -OCH3 is 1. The first-order chi connectivity index (χ1) is 9.74. The molecule has 2 aromatic carbocycles. The van der Waals surface area contributed by atoms with Crippen LogP contribution in [0.5, 0.6) is 5.75 Å². The maximum Gasteiger partial charge on any atom is 0.235 e. The third-order valence-electron chi connectivity index (χ3n) is 3.86. The Labute approximate surface area is 118 Å². The van der Waals surface area contributed by atoms with Crippen molar-refractivity contribution < 1.29 is 9.53 Å². The monoisotopic (exact) mass is 267 g/mol. The smallest absolute Gasteiger partial charge is 0.235 e. The van der Waals surface area contributed by atoms with Crippen molar-refractivity contribution in [1.29, 1.82) is 0 Å². The quantitative estimate of drug-likeness (QED) is 0.922. The van der Waals surface area contributed by atoms with E-state index in [9.17, 15) is 4.79 Å². The maximum atomic E-state index is 12.5. The van der Waals surface area contributed by atoms with Crippen molar-refractivity contribution >= 4 is 11.6 Å². The predicted molar refractivity (Wildman–Crippen MR) is 79.0 cm³/mol. The van der Waals surface area contributed by atoms with Gasteiger partial charge in [-0.1, -0.05) is 30.3 Å². The Hall–Kier alpha value is -2.29. The minimum absolute atomic E-state index is 0.0777. The van der Waals surface area contributed by atoms with Gasteiger partial charge in [-0.05, 0) is 42.7 Å². The summed E-state index contributed by atoms with van der Waals surface area (Å²) in [6, 6.07) is 17.4. The number of anilines is 1. The van der Waals surface area contributed by atoms with Crippen LogP contribution in [0.2, 0.25) is 0 Å². The Morgan fingerprint density at radius 2 is 1.70 bits per heavy atom. The molecule has 0 aromatic heterocycles. The van der Waals surface area contributed by atoms with E-state index in [1.807, 2.05) is 54.6 Å². The van der Waals surface area contributed by atoms with Crippen molar-refractivity contribution in [2.45, 2.75) is 18.3 Å². The van der Waals surface area contributed by atoms with Crippen LogP contribution in [-0.4, -0.2) is 13.0 Å². The molecule has 3 rings (SSSR count). The van der Waals surface area contributed by atoms with Crippen LogP contribution in [0, 0.1) is 0 Å². The first-order valence-electron chi connectivity index (χ1n) is 6.76. The number of nitrogens with one attached hydrogen (secondary N) is 1. The maximum absolute atomic E-state index is 12.5. The minimum atomic E-state index is -0.359. The number of ether oxygens (including phenoxy) is 1. The molecule has 0 unspecified atom stereocenters. The van der Waals surface area contributed by atoms with Gasteiger partial charge in [0.25, 0.3) is 0 Å². The third kappa shape index (κ3) is 2.27. The van der Waals surface area contributed by atoms with E-state index in [0.717, 1.165) is 29.8 Å². The lowest BCUT2D eigenvalue weighted by Gasteiger charge is -2.16. The van der Waals surface area contributed by atoms with Crippen LogP contribution in [0.1, 0.15) is 18.4 Å². The molecule has 1 fully saturated rings. The molecule has 1 aliphatic rings. The lowest BCUT2D eigenvalue weighted by atomic mass is 9.95. The fraction of sp³-hybridized carbons (Fsp3) is 0.235. The largest absolute Gasteiger partial charge is 0.497 e. The number of benzene rings is 2. The molecule has 1 aliphatic carbocycles. The highest BCUT2D eigenvalue weighted by molar-refractivity contribution is 6.01. The van der Waals surface area contributed by atoms with Crippen LogP contribution in [-0.2, 0) is 10.2 Å². The molecular formula is C17H17NO2. The molecule has 0 atom stereocenters. The SMILES string of the molecule is COc1ccc(C2(C(=O)Nc3ccccc3)CC2)cc1. The highest BCUT2D eigenvalue weighted by Gasteiger charge is 2.51. The lowest BCUT2D eigenvalue weighted by molar-refractivity contribution is -0.118. The standard InChI is InChI=1S/C17H17NO2/c1-20-15-9-7-13(8-10-15)17(11-12-17)16(19)18-14-5-3-2-4-6-14/h2-10H,11-12H2,1H3,(H,18,19). The van der Waals surface area contributed by atoms with E-state index >= 15 is 0 Å². The highest BCUT2D eigenvalue weighted by atomic mass is 16.5. The van der Waals surface area contributed by atoms with E-state index in [0.29, 0.717) is 0 Å². The van der Waals surface area contributed by atoms with Gasteiger partial charge in [0, 0.05) is 5.69 Å². The van der Waals surface area contributed by atoms with Crippen molar-refractivity contribution in [2.24, 2.45) is 0 Å². The average molecular weight is 267 g/mol. The van der Waals surface area contributed by atoms with Crippen LogP contribution >= 0.6 is 0 Å². The second-order valence-electron chi connectivity index (χ2n) is 5.13. The molecule has 0 radical (unpaired) electrons. The summed E-state index contributed by atoms with van der Waals surface area (Å²) in [6.07, 6.45) is 1.80. The molecular weight excluding hydrogens is 250 g/mol. The van der Waals surface area contributed by atoms with E-state index in [1.165, 1.54) is 0 Å². The predicted octanol–water partition coefficient (Wildman–Crippen LogP) is 3.37. The number of para-hydroxylation sites is 1. The summed E-state index contributed by atoms with van der Waals surface area (Å²) in [4.78, 5) is 12.5. The van der Waals surface area contributed by atoms with Gasteiger partial charge in [0.1, 0.15) is 5.75 Å². The fourth-order valence-corrected chi connectivity index (χ4v) is 2.45. The van der Waals surface area contributed by atoms with Crippen molar-refractivity contribution in [2.75, 3.05) is 12.4 Å². The normalized spacial score (nSPS) is 15.4. The average Bonchev–Trinajstić information content (AvgIpc) is 3.30. The molecule has 102 valence electrons. The van der Waals surface area contributed by atoms with Gasteiger partial charge in [0.05, 0.1) is 12.5 Å². The second kappa shape index (κ2) is 5.00. The highest BCUT2D eigenvalue weighted by Crippen LogP contribution is 2.49. The number of carbonyl (C=O) groups excluding carboxylic acids is 1. The van der Waals surface area contributed by atoms with Gasteiger partial charge < -0.3 is 10.1 Å². The fourth-order valence-electron chi connectivity index (χ4n) is 2.45. The summed E-state index contributed by atoms with van der Waals surface area (Å²) in [7, 11) is 1.64. The van der Waals surface area contributed by atoms with Crippen molar-refractivity contribution in [1.82, 2.24) is 0 Å². The molecule has 20 heavy (non-hydrogen) atoms. The second-order valence-corrected chi connectivity index (χ2v) is 5.13. The number of hydrogen-bond donors (Lipinski definition) is 1. The number of hydrogen-bond acceptors (Lipinski definition) is 2. The van der Waals surface area contributed by atoms with Gasteiger partial charge in [0.2, 0.25) is 5.91 Å². The van der Waals surface area contributed by atoms with Gasteiger partial charge in [-0.3, -0.25) is 4.79 Å². The van der Waals surface area contributed by atoms with Gasteiger partial charge in [-0.25, -0.2) is 0 Å². The number of carbonyl (C=O) groups is 1. The topological polar surface area (TPSA) is 38.3 Å². The summed E-state index contributed by atoms with van der Waals surface area (Å²) in [5, 5.41) is 3.00. The first kappa shape index (κ1) is 12.7. The van der Waals surface area contributed by atoms with Crippen LogP contribution in [0.25, 0.3) is 0 Å². The summed E-state index contributed by atoms with van der Waals surface area (Å²) >= 11 is 0. The molecule has 0 bridgehead atoms. The van der Waals surface area contributed by atoms with Crippen LogP contribution < -0.4 is 10.1 Å². The van der Waals surface area contributed by atoms with Crippen molar-refractivity contribution in [3.05, 3.63) is 60.2 Å². The van der Waals surface area contributed by atoms with E-state index in [2.05, 4.69) is 5.32 Å². The molecule has 3 nitrogen and oxygen atoms in total. The summed E-state index contributed by atoms with van der Waals surface area (Å²) in [5.41, 5.74) is 1.55. The van der Waals surface area contributed by atoms with Crippen LogP contribution in [0.15, 0.2) is 54.6 Å². The third-order valence-corrected chi connectivity index (χ3v) is 3.86. The van der Waals surface area contributed by atoms with E-state index in [4.69, 9.17) is 4.74 Å². The summed E-state index contributed by atoms with van der Waals surface area (Å²) in [6.45, 7) is 0. The molecule has 0 spiro atoms. The van der Waals surface area contributed by atoms with Gasteiger partial charge in [-0.15, -0.1) is 0 Å². The molecule has 1 saturated carbocycles. The Balaban J connectivity index is 1.79. The van der Waals surface area contributed by atoms with Crippen LogP contribution in [0.3, 0.4) is 0 Å². The zero-order valence-electron chi connectivity index (χ0n) is 11.4. The van der Waals surface area contributed by atoms with Crippen molar-refractivity contribution in [3.63, 3.8) is 0 Å². The van der Waals surface area contributed by atoms with Gasteiger partial charge >= 0.3 is 0 Å². The van der Waals surface area contributed by atoms with Crippen molar-refractivity contribution in [3.8, 4) is 5.75 Å². The summed E-state index contributed by atoms with van der Waals surface area (Å²) in [5.74, 6) is 0.891. The molecule has 1 amide bonds. The van der Waals surface area contributed by atoms with Gasteiger partial charge in [-0.2, -0.15) is 0 Å². The van der Waals surface area contributed by atoms with E-state index < -0.39 is 0 Å². The Morgan fingerprint density at radius 1 is 1.05 bits per heavy atom. The Morgan fingerprint density at radius 3 is 2.25 bits per heavy atom. The van der Waals surface area contributed by atoms with E-state index in [-0.39, 0.29) is 11.3 Å².